The third-order valence-electron chi connectivity index (χ3n) is 3.18. The van der Waals surface area contributed by atoms with Crippen LogP contribution in [0.2, 0.25) is 0 Å². The first-order valence-corrected chi connectivity index (χ1v) is 7.65. The minimum absolute atomic E-state index is 0.0878. The summed E-state index contributed by atoms with van der Waals surface area (Å²) in [5.74, 6) is 0.0878. The molecule has 19 heavy (non-hydrogen) atoms. The van der Waals surface area contributed by atoms with Gasteiger partial charge in [-0.05, 0) is 29.7 Å². The molecule has 0 aliphatic heterocycles. The van der Waals surface area contributed by atoms with Crippen molar-refractivity contribution in [2.24, 2.45) is 0 Å². The van der Waals surface area contributed by atoms with Gasteiger partial charge in [0.25, 0.3) is 0 Å². The molecule has 1 amide bonds. The van der Waals surface area contributed by atoms with Gasteiger partial charge in [-0.25, -0.2) is 0 Å². The SMILES string of the molecule is CC(CCBr)NC(=O)Cc1cccc2ccccc12. The Bertz CT molecular complexity index is 562. The van der Waals surface area contributed by atoms with Crippen LogP contribution in [0.15, 0.2) is 42.5 Å². The number of alkyl halides is 1. The molecule has 1 unspecified atom stereocenters. The van der Waals surface area contributed by atoms with Crippen molar-refractivity contribution < 1.29 is 4.79 Å². The van der Waals surface area contributed by atoms with Gasteiger partial charge >= 0.3 is 0 Å². The van der Waals surface area contributed by atoms with E-state index in [0.29, 0.717) is 6.42 Å². The van der Waals surface area contributed by atoms with Crippen molar-refractivity contribution in [1.82, 2.24) is 5.32 Å². The Hall–Kier alpha value is -1.35. The van der Waals surface area contributed by atoms with Crippen LogP contribution in [0.3, 0.4) is 0 Å². The minimum Gasteiger partial charge on any atom is -0.353 e. The Morgan fingerprint density at radius 1 is 1.21 bits per heavy atom. The van der Waals surface area contributed by atoms with Crippen LogP contribution in [0.1, 0.15) is 18.9 Å². The van der Waals surface area contributed by atoms with Crippen LogP contribution in [0.4, 0.5) is 0 Å². The van der Waals surface area contributed by atoms with Gasteiger partial charge in [0.05, 0.1) is 6.42 Å². The summed E-state index contributed by atoms with van der Waals surface area (Å²) < 4.78 is 0. The van der Waals surface area contributed by atoms with E-state index in [9.17, 15) is 4.79 Å². The third kappa shape index (κ3) is 3.80. The molecular formula is C16H18BrNO. The lowest BCUT2D eigenvalue weighted by Crippen LogP contribution is -2.33. The number of fused-ring (bicyclic) bond motifs is 1. The van der Waals surface area contributed by atoms with Crippen molar-refractivity contribution in [3.63, 3.8) is 0 Å². The van der Waals surface area contributed by atoms with Gasteiger partial charge < -0.3 is 5.32 Å². The summed E-state index contributed by atoms with van der Waals surface area (Å²) in [5, 5.41) is 6.27. The predicted octanol–water partition coefficient (Wildman–Crippen LogP) is 3.67. The van der Waals surface area contributed by atoms with Crippen molar-refractivity contribution in [3.05, 3.63) is 48.0 Å². The van der Waals surface area contributed by atoms with Gasteiger partial charge in [0, 0.05) is 11.4 Å². The van der Waals surface area contributed by atoms with Crippen LogP contribution in [0.25, 0.3) is 10.8 Å². The molecule has 0 saturated carbocycles. The number of carbonyl (C=O) groups is 1. The molecule has 0 radical (unpaired) electrons. The van der Waals surface area contributed by atoms with Crippen LogP contribution in [0, 0.1) is 0 Å². The molecule has 2 rings (SSSR count). The lowest BCUT2D eigenvalue weighted by molar-refractivity contribution is -0.121. The van der Waals surface area contributed by atoms with Crippen LogP contribution >= 0.6 is 15.9 Å². The number of benzene rings is 2. The molecule has 0 aliphatic carbocycles. The van der Waals surface area contributed by atoms with E-state index in [2.05, 4.69) is 39.4 Å². The van der Waals surface area contributed by atoms with Gasteiger partial charge in [-0.2, -0.15) is 0 Å². The molecule has 0 spiro atoms. The second-order valence-corrected chi connectivity index (χ2v) is 5.55. The predicted molar refractivity (Wildman–Crippen MR) is 83.7 cm³/mol. The fourth-order valence-corrected chi connectivity index (χ4v) is 2.87. The molecule has 2 nitrogen and oxygen atoms in total. The van der Waals surface area contributed by atoms with Gasteiger partial charge in [-0.1, -0.05) is 58.4 Å². The van der Waals surface area contributed by atoms with E-state index in [1.807, 2.05) is 31.2 Å². The molecule has 3 heteroatoms. The quantitative estimate of drug-likeness (QED) is 0.837. The van der Waals surface area contributed by atoms with E-state index in [1.54, 1.807) is 0 Å². The fourth-order valence-electron chi connectivity index (χ4n) is 2.18. The molecule has 1 N–H and O–H groups in total. The third-order valence-corrected chi connectivity index (χ3v) is 3.64. The minimum atomic E-state index is 0.0878. The topological polar surface area (TPSA) is 29.1 Å². The first kappa shape index (κ1) is 14.1. The Labute approximate surface area is 122 Å². The first-order chi connectivity index (χ1) is 9.20. The average Bonchev–Trinajstić information content (AvgIpc) is 2.39. The number of halogens is 1. The number of rotatable bonds is 5. The van der Waals surface area contributed by atoms with E-state index >= 15 is 0 Å². The first-order valence-electron chi connectivity index (χ1n) is 6.52. The van der Waals surface area contributed by atoms with Crippen molar-refractivity contribution in [2.45, 2.75) is 25.8 Å². The summed E-state index contributed by atoms with van der Waals surface area (Å²) in [6.07, 6.45) is 1.38. The van der Waals surface area contributed by atoms with Crippen molar-refractivity contribution >= 4 is 32.6 Å². The average molecular weight is 320 g/mol. The molecule has 100 valence electrons. The van der Waals surface area contributed by atoms with Crippen LogP contribution in [-0.2, 0) is 11.2 Å². The number of carbonyl (C=O) groups excluding carboxylic acids is 1. The highest BCUT2D eigenvalue weighted by Gasteiger charge is 2.09. The standard InChI is InChI=1S/C16H18BrNO/c1-12(9-10-17)18-16(19)11-14-7-4-6-13-5-2-3-8-15(13)14/h2-8,12H,9-11H2,1H3,(H,18,19). The molecule has 2 aromatic carbocycles. The molecule has 0 bridgehead atoms. The largest absolute Gasteiger partial charge is 0.353 e. The van der Waals surface area contributed by atoms with Gasteiger partial charge in [-0.15, -0.1) is 0 Å². The lowest BCUT2D eigenvalue weighted by atomic mass is 10.0. The molecule has 0 aromatic heterocycles. The summed E-state index contributed by atoms with van der Waals surface area (Å²) in [4.78, 5) is 12.0. The molecule has 2 aromatic rings. The van der Waals surface area contributed by atoms with Gasteiger partial charge in [0.15, 0.2) is 0 Å². The Balaban J connectivity index is 2.11. The number of nitrogens with one attached hydrogen (secondary N) is 1. The van der Waals surface area contributed by atoms with Crippen molar-refractivity contribution in [1.29, 1.82) is 0 Å². The normalized spacial score (nSPS) is 12.3. The zero-order valence-corrected chi connectivity index (χ0v) is 12.6. The zero-order valence-electron chi connectivity index (χ0n) is 11.0. The van der Waals surface area contributed by atoms with Crippen LogP contribution < -0.4 is 5.32 Å². The fraction of sp³-hybridized carbons (Fsp3) is 0.312. The van der Waals surface area contributed by atoms with E-state index in [0.717, 1.165) is 22.7 Å². The highest BCUT2D eigenvalue weighted by molar-refractivity contribution is 9.09. The summed E-state index contributed by atoms with van der Waals surface area (Å²) in [7, 11) is 0. The van der Waals surface area contributed by atoms with Crippen LogP contribution in [0.5, 0.6) is 0 Å². The summed E-state index contributed by atoms with van der Waals surface area (Å²) in [6.45, 7) is 2.03. The highest BCUT2D eigenvalue weighted by Crippen LogP contribution is 2.18. The summed E-state index contributed by atoms with van der Waals surface area (Å²) in [6, 6.07) is 14.5. The molecule has 0 heterocycles. The lowest BCUT2D eigenvalue weighted by Gasteiger charge is -2.13. The second-order valence-electron chi connectivity index (χ2n) is 4.76. The van der Waals surface area contributed by atoms with Crippen molar-refractivity contribution in [3.8, 4) is 0 Å². The zero-order chi connectivity index (χ0) is 13.7. The summed E-state index contributed by atoms with van der Waals surface area (Å²) in [5.41, 5.74) is 1.08. The Morgan fingerprint density at radius 2 is 1.95 bits per heavy atom. The molecular weight excluding hydrogens is 302 g/mol. The number of amides is 1. The van der Waals surface area contributed by atoms with Crippen molar-refractivity contribution in [2.75, 3.05) is 5.33 Å². The van der Waals surface area contributed by atoms with Crippen LogP contribution in [-0.4, -0.2) is 17.3 Å². The molecule has 0 saturated heterocycles. The maximum atomic E-state index is 12.0. The smallest absolute Gasteiger partial charge is 0.224 e. The van der Waals surface area contributed by atoms with E-state index in [-0.39, 0.29) is 11.9 Å². The Morgan fingerprint density at radius 3 is 2.74 bits per heavy atom. The number of hydrogen-bond donors (Lipinski definition) is 1. The van der Waals surface area contributed by atoms with Gasteiger partial charge in [0.1, 0.15) is 0 Å². The van der Waals surface area contributed by atoms with E-state index < -0.39 is 0 Å². The van der Waals surface area contributed by atoms with Gasteiger partial charge in [0.2, 0.25) is 5.91 Å². The maximum Gasteiger partial charge on any atom is 0.224 e. The second kappa shape index (κ2) is 6.71. The molecule has 0 fully saturated rings. The van der Waals surface area contributed by atoms with E-state index in [1.165, 1.54) is 5.39 Å². The molecule has 0 aliphatic rings. The summed E-state index contributed by atoms with van der Waals surface area (Å²) >= 11 is 3.39. The van der Waals surface area contributed by atoms with Gasteiger partial charge in [-0.3, -0.25) is 4.79 Å². The Kier molecular flexibility index (Phi) is 4.97. The highest BCUT2D eigenvalue weighted by atomic mass is 79.9. The monoisotopic (exact) mass is 319 g/mol. The number of hydrogen-bond acceptors (Lipinski definition) is 1. The maximum absolute atomic E-state index is 12.0. The molecule has 1 atom stereocenters. The van der Waals surface area contributed by atoms with E-state index in [4.69, 9.17) is 0 Å².